The maximum atomic E-state index is 13.2. The third-order valence-electron chi connectivity index (χ3n) is 5.56. The van der Waals surface area contributed by atoms with E-state index in [-0.39, 0.29) is 35.2 Å². The number of allylic oxidation sites excluding steroid dienone is 4. The van der Waals surface area contributed by atoms with Gasteiger partial charge in [0.05, 0.1) is 5.92 Å². The second-order valence-corrected chi connectivity index (χ2v) is 8.50. The molecule has 1 aliphatic rings. The van der Waals surface area contributed by atoms with Gasteiger partial charge in [0.1, 0.15) is 35.2 Å². The van der Waals surface area contributed by atoms with E-state index in [1.54, 1.807) is 6.07 Å². The first kappa shape index (κ1) is 22.5. The first-order valence-electron chi connectivity index (χ1n) is 10.5. The van der Waals surface area contributed by atoms with Crippen LogP contribution >= 0.6 is 0 Å². The Morgan fingerprint density at radius 3 is 2.61 bits per heavy atom. The number of carbonyl (C=O) groups is 1. The number of Topliss-reactive ketones (excluding diaryl/α,β-unsaturated/α-hetero) is 1. The summed E-state index contributed by atoms with van der Waals surface area (Å²) in [5, 5.41) is 30.6. The van der Waals surface area contributed by atoms with Crippen LogP contribution in [-0.4, -0.2) is 27.7 Å². The Hall–Kier alpha value is -3.21. The summed E-state index contributed by atoms with van der Waals surface area (Å²) in [6, 6.07) is 5.90. The monoisotopic (exact) mass is 422 g/mol. The van der Waals surface area contributed by atoms with Crippen LogP contribution in [0.5, 0.6) is 23.0 Å². The van der Waals surface area contributed by atoms with Gasteiger partial charge < -0.3 is 20.1 Å². The average molecular weight is 423 g/mol. The highest BCUT2D eigenvalue weighted by Crippen LogP contribution is 2.43. The summed E-state index contributed by atoms with van der Waals surface area (Å²) in [5.74, 6) is -0.585. The van der Waals surface area contributed by atoms with E-state index in [0.717, 1.165) is 12.0 Å². The minimum Gasteiger partial charge on any atom is -0.508 e. The predicted octanol–water partition coefficient (Wildman–Crippen LogP) is 5.56. The smallest absolute Gasteiger partial charge is 0.181 e. The van der Waals surface area contributed by atoms with Gasteiger partial charge in [-0.2, -0.15) is 0 Å². The Balaban J connectivity index is 1.86. The van der Waals surface area contributed by atoms with Crippen LogP contribution in [0.1, 0.15) is 60.2 Å². The normalized spacial score (nSPS) is 16.6. The Morgan fingerprint density at radius 2 is 1.94 bits per heavy atom. The number of fused-ring (bicyclic) bond motifs is 1. The topological polar surface area (TPSA) is 87.0 Å². The number of carbonyl (C=O) groups excluding carboxylic acids is 1. The summed E-state index contributed by atoms with van der Waals surface area (Å²) in [6.45, 7) is 8.27. The molecule has 0 saturated heterocycles. The van der Waals surface area contributed by atoms with Gasteiger partial charge in [0.15, 0.2) is 5.78 Å². The second kappa shape index (κ2) is 9.29. The van der Waals surface area contributed by atoms with Crippen LogP contribution < -0.4 is 4.74 Å². The predicted molar refractivity (Wildman–Crippen MR) is 121 cm³/mol. The number of hydrogen-bond acceptors (Lipinski definition) is 5. The molecule has 0 saturated carbocycles. The van der Waals surface area contributed by atoms with Gasteiger partial charge >= 0.3 is 0 Å². The van der Waals surface area contributed by atoms with E-state index < -0.39 is 5.92 Å². The number of phenolic OH excluding ortho intramolecular Hbond substituents is 3. The summed E-state index contributed by atoms with van der Waals surface area (Å²) in [6.07, 6.45) is 7.75. The van der Waals surface area contributed by atoms with Crippen molar-refractivity contribution >= 4 is 5.78 Å². The summed E-state index contributed by atoms with van der Waals surface area (Å²) < 4.78 is 5.78. The number of ketones is 1. The molecule has 0 fully saturated rings. The van der Waals surface area contributed by atoms with Crippen molar-refractivity contribution in [3.63, 3.8) is 0 Å². The van der Waals surface area contributed by atoms with E-state index in [2.05, 4.69) is 32.9 Å². The van der Waals surface area contributed by atoms with E-state index in [0.29, 0.717) is 29.2 Å². The minimum atomic E-state index is -0.755. The molecule has 0 aliphatic carbocycles. The van der Waals surface area contributed by atoms with Crippen molar-refractivity contribution in [2.24, 2.45) is 5.92 Å². The molecule has 3 rings (SSSR count). The molecule has 0 radical (unpaired) electrons. The largest absolute Gasteiger partial charge is 0.508 e. The average Bonchev–Trinajstić information content (AvgIpc) is 2.67. The molecular formula is C26H30O5. The highest BCUT2D eigenvalue weighted by Gasteiger charge is 2.35. The molecule has 2 aromatic rings. The van der Waals surface area contributed by atoms with Crippen molar-refractivity contribution in [1.29, 1.82) is 0 Å². The quantitative estimate of drug-likeness (QED) is 0.531. The molecule has 3 N–H and O–H groups in total. The fourth-order valence-corrected chi connectivity index (χ4v) is 4.05. The Kier molecular flexibility index (Phi) is 6.74. The highest BCUT2D eigenvalue weighted by molar-refractivity contribution is 6.07. The van der Waals surface area contributed by atoms with Crippen LogP contribution in [0.25, 0.3) is 0 Å². The van der Waals surface area contributed by atoms with Crippen molar-refractivity contribution in [1.82, 2.24) is 0 Å². The number of aryl methyl sites for hydroxylation is 1. The Bertz CT molecular complexity index is 1040. The molecule has 31 heavy (non-hydrogen) atoms. The van der Waals surface area contributed by atoms with Gasteiger partial charge in [-0.3, -0.25) is 4.79 Å². The summed E-state index contributed by atoms with van der Waals surface area (Å²) >= 11 is 0. The maximum Gasteiger partial charge on any atom is 0.181 e. The lowest BCUT2D eigenvalue weighted by molar-refractivity contribution is 0.0889. The zero-order chi connectivity index (χ0) is 22.7. The fourth-order valence-electron chi connectivity index (χ4n) is 4.05. The molecule has 1 aliphatic heterocycles. The minimum absolute atomic E-state index is 0.0601. The van der Waals surface area contributed by atoms with Crippen LogP contribution in [0.2, 0.25) is 0 Å². The summed E-state index contributed by atoms with van der Waals surface area (Å²) in [5.41, 5.74) is 3.35. The summed E-state index contributed by atoms with van der Waals surface area (Å²) in [4.78, 5) is 13.2. The molecule has 164 valence electrons. The van der Waals surface area contributed by atoms with Crippen molar-refractivity contribution < 1.29 is 24.9 Å². The van der Waals surface area contributed by atoms with Crippen molar-refractivity contribution in [3.05, 3.63) is 70.3 Å². The second-order valence-electron chi connectivity index (χ2n) is 8.50. The molecule has 1 heterocycles. The zero-order valence-corrected chi connectivity index (χ0v) is 18.5. The van der Waals surface area contributed by atoms with Gasteiger partial charge in [-0.05, 0) is 57.2 Å². The first-order valence-corrected chi connectivity index (χ1v) is 10.5. The van der Waals surface area contributed by atoms with Gasteiger partial charge in [0.25, 0.3) is 0 Å². The molecule has 0 unspecified atom stereocenters. The molecule has 2 atom stereocenters. The molecule has 0 spiro atoms. The number of phenols is 3. The third kappa shape index (κ3) is 4.93. The van der Waals surface area contributed by atoms with Crippen molar-refractivity contribution in [3.8, 4) is 23.0 Å². The van der Waals surface area contributed by atoms with Gasteiger partial charge in [0, 0.05) is 17.2 Å². The Morgan fingerprint density at radius 1 is 1.19 bits per heavy atom. The number of ether oxygens (including phenoxy) is 1. The fraction of sp³-hybridized carbons (Fsp3) is 0.346. The number of hydrogen-bond donors (Lipinski definition) is 3. The van der Waals surface area contributed by atoms with E-state index in [4.69, 9.17) is 4.74 Å². The van der Waals surface area contributed by atoms with Crippen LogP contribution in [0.3, 0.4) is 0 Å². The lowest BCUT2D eigenvalue weighted by Crippen LogP contribution is -2.26. The van der Waals surface area contributed by atoms with E-state index in [9.17, 15) is 20.1 Å². The molecule has 0 bridgehead atoms. The van der Waals surface area contributed by atoms with Gasteiger partial charge in [0.2, 0.25) is 0 Å². The SMILES string of the molecule is CC(C)=C[C@@H](C)CC=CCc1c(C)cc2c(c1O)C(=O)[C@@H](c1ccc(O)cc1O)CO2. The number of rotatable bonds is 6. The third-order valence-corrected chi connectivity index (χ3v) is 5.56. The van der Waals surface area contributed by atoms with E-state index >= 15 is 0 Å². The highest BCUT2D eigenvalue weighted by atomic mass is 16.5. The number of benzene rings is 2. The van der Waals surface area contributed by atoms with Gasteiger partial charge in [-0.1, -0.05) is 36.8 Å². The molecule has 2 aromatic carbocycles. The first-order chi connectivity index (χ1) is 14.7. The molecule has 5 nitrogen and oxygen atoms in total. The number of aromatic hydroxyl groups is 3. The molecule has 0 aromatic heterocycles. The molecular weight excluding hydrogens is 392 g/mol. The van der Waals surface area contributed by atoms with Crippen molar-refractivity contribution in [2.45, 2.75) is 46.5 Å². The summed E-state index contributed by atoms with van der Waals surface area (Å²) in [7, 11) is 0. The zero-order valence-electron chi connectivity index (χ0n) is 18.5. The van der Waals surface area contributed by atoms with Crippen LogP contribution in [0, 0.1) is 12.8 Å². The van der Waals surface area contributed by atoms with Gasteiger partial charge in [-0.15, -0.1) is 0 Å². The van der Waals surface area contributed by atoms with Crippen LogP contribution in [-0.2, 0) is 6.42 Å². The standard InChI is InChI=1S/C26H30O5/c1-15(2)11-16(3)7-5-6-8-19-17(4)12-23-24(25(19)29)26(30)21(14-31-23)20-10-9-18(27)13-22(20)28/h5-6,9-13,16,21,27-29H,7-8,14H2,1-4H3/t16-,21+/m0/s1. The molecule has 5 heteroatoms. The lowest BCUT2D eigenvalue weighted by Gasteiger charge is -2.27. The van der Waals surface area contributed by atoms with Crippen LogP contribution in [0.4, 0.5) is 0 Å². The molecule has 0 amide bonds. The Labute approximate surface area is 183 Å². The van der Waals surface area contributed by atoms with Crippen LogP contribution in [0.15, 0.2) is 48.1 Å². The van der Waals surface area contributed by atoms with E-state index in [1.165, 1.54) is 23.8 Å². The lowest BCUT2D eigenvalue weighted by atomic mass is 9.86. The van der Waals surface area contributed by atoms with Gasteiger partial charge in [-0.25, -0.2) is 0 Å². The van der Waals surface area contributed by atoms with E-state index in [1.807, 2.05) is 13.0 Å². The van der Waals surface area contributed by atoms with Crippen molar-refractivity contribution in [2.75, 3.05) is 6.61 Å². The maximum absolute atomic E-state index is 13.2.